The summed E-state index contributed by atoms with van der Waals surface area (Å²) in [6.45, 7) is 3.15. The number of hydrogen-bond acceptors (Lipinski definition) is 6. The molecular weight excluding hydrogens is 338 g/mol. The van der Waals surface area contributed by atoms with E-state index in [1.165, 1.54) is 23.4 Å². The van der Waals surface area contributed by atoms with Crippen LogP contribution in [0.1, 0.15) is 5.56 Å². The van der Waals surface area contributed by atoms with Gasteiger partial charge in [-0.3, -0.25) is 0 Å². The summed E-state index contributed by atoms with van der Waals surface area (Å²) in [7, 11) is -3.92. The number of hydrogen-bond donors (Lipinski definition) is 1. The molecule has 0 amide bonds. The molecule has 6 nitrogen and oxygen atoms in total. The van der Waals surface area contributed by atoms with Crippen LogP contribution in [0, 0.1) is 6.92 Å². The molecule has 1 fully saturated rings. The first kappa shape index (κ1) is 16.2. The smallest absolute Gasteiger partial charge is 0.312 e. The minimum atomic E-state index is -3.92. The highest BCUT2D eigenvalue weighted by Crippen LogP contribution is 2.24. The fourth-order valence-electron chi connectivity index (χ4n) is 2.11. The van der Waals surface area contributed by atoms with Crippen LogP contribution in [0.4, 0.5) is 5.69 Å². The summed E-state index contributed by atoms with van der Waals surface area (Å²) in [5.74, 6) is 0. The monoisotopic (exact) mass is 353 g/mol. The van der Waals surface area contributed by atoms with Gasteiger partial charge < -0.3 is 5.32 Å². The van der Waals surface area contributed by atoms with Crippen molar-refractivity contribution < 1.29 is 12.7 Å². The zero-order valence-corrected chi connectivity index (χ0v) is 14.0. The van der Waals surface area contributed by atoms with Crippen LogP contribution in [0.15, 0.2) is 47.5 Å². The maximum Gasteiger partial charge on any atom is 0.317 e. The van der Waals surface area contributed by atoms with Crippen molar-refractivity contribution in [2.24, 2.45) is 0 Å². The van der Waals surface area contributed by atoms with Gasteiger partial charge in [0.25, 0.3) is 0 Å². The maximum atomic E-state index is 12.5. The summed E-state index contributed by atoms with van der Waals surface area (Å²) in [6.07, 6.45) is 1.49. The van der Waals surface area contributed by atoms with E-state index in [1.807, 2.05) is 6.92 Å². The van der Waals surface area contributed by atoms with E-state index < -0.39 is 10.1 Å². The molecule has 1 aliphatic rings. The number of nitrogens with zero attached hydrogens (tertiary/aromatic N) is 2. The van der Waals surface area contributed by atoms with E-state index in [4.69, 9.17) is 15.9 Å². The van der Waals surface area contributed by atoms with Crippen LogP contribution < -0.4 is 10.4 Å². The zero-order valence-electron chi connectivity index (χ0n) is 12.4. The van der Waals surface area contributed by atoms with Crippen molar-refractivity contribution in [1.29, 1.82) is 0 Å². The van der Waals surface area contributed by atoms with Crippen LogP contribution in [0.2, 0.25) is 5.15 Å². The topological polar surface area (TPSA) is 71.5 Å². The highest BCUT2D eigenvalue weighted by Gasteiger charge is 2.31. The molecule has 2 aromatic rings. The standard InChI is InChI=1S/C15H16ClN3O3S/c1-11-2-5-14(6-3-11)23(20,21)22-19(13-8-17-9-13)12-4-7-15(16)18-10-12/h2-7,10,13,17H,8-9H2,1H3. The van der Waals surface area contributed by atoms with Crippen molar-refractivity contribution in [2.75, 3.05) is 18.2 Å². The van der Waals surface area contributed by atoms with Crippen molar-refractivity contribution >= 4 is 27.4 Å². The molecule has 1 aromatic heterocycles. The first-order valence-corrected chi connectivity index (χ1v) is 8.87. The lowest BCUT2D eigenvalue weighted by molar-refractivity contribution is 0.210. The molecule has 0 spiro atoms. The number of aromatic nitrogens is 1. The van der Waals surface area contributed by atoms with Crippen molar-refractivity contribution in [3.8, 4) is 0 Å². The van der Waals surface area contributed by atoms with Crippen LogP contribution in [0.5, 0.6) is 0 Å². The quantitative estimate of drug-likeness (QED) is 0.656. The van der Waals surface area contributed by atoms with Gasteiger partial charge in [0, 0.05) is 13.1 Å². The number of benzene rings is 1. The van der Waals surface area contributed by atoms with Crippen LogP contribution in [0.3, 0.4) is 0 Å². The summed E-state index contributed by atoms with van der Waals surface area (Å²) in [6, 6.07) is 9.71. The molecule has 3 rings (SSSR count). The van der Waals surface area contributed by atoms with Gasteiger partial charge in [0.2, 0.25) is 0 Å². The summed E-state index contributed by atoms with van der Waals surface area (Å²) in [5.41, 5.74) is 1.52. The molecule has 2 heterocycles. The minimum Gasteiger partial charge on any atom is -0.312 e. The average molecular weight is 354 g/mol. The van der Waals surface area contributed by atoms with Crippen molar-refractivity contribution in [1.82, 2.24) is 10.3 Å². The average Bonchev–Trinajstić information content (AvgIpc) is 2.46. The molecule has 0 atom stereocenters. The summed E-state index contributed by atoms with van der Waals surface area (Å²) >= 11 is 5.79. The van der Waals surface area contributed by atoms with Gasteiger partial charge in [0.05, 0.1) is 22.8 Å². The van der Waals surface area contributed by atoms with Crippen LogP contribution in [0.25, 0.3) is 0 Å². The van der Waals surface area contributed by atoms with E-state index in [1.54, 1.807) is 24.3 Å². The summed E-state index contributed by atoms with van der Waals surface area (Å²) in [5, 5.41) is 4.80. The normalized spacial score (nSPS) is 15.2. The molecule has 1 saturated heterocycles. The molecule has 1 aromatic carbocycles. The van der Waals surface area contributed by atoms with Gasteiger partial charge in [-0.05, 0) is 31.2 Å². The molecule has 0 aliphatic carbocycles. The maximum absolute atomic E-state index is 12.5. The number of anilines is 1. The highest BCUT2D eigenvalue weighted by molar-refractivity contribution is 7.86. The first-order chi connectivity index (χ1) is 11.0. The molecule has 1 N–H and O–H groups in total. The molecule has 0 radical (unpaired) electrons. The van der Waals surface area contributed by atoms with E-state index in [2.05, 4.69) is 10.3 Å². The second-order valence-corrected chi connectivity index (χ2v) is 7.23. The number of aryl methyl sites for hydroxylation is 1. The molecule has 1 aliphatic heterocycles. The number of hydroxylamine groups is 1. The predicted molar refractivity (Wildman–Crippen MR) is 87.8 cm³/mol. The molecule has 122 valence electrons. The molecule has 0 bridgehead atoms. The summed E-state index contributed by atoms with van der Waals surface area (Å²) < 4.78 is 30.4. The van der Waals surface area contributed by atoms with Gasteiger partial charge in [-0.25, -0.2) is 10.0 Å². The highest BCUT2D eigenvalue weighted by atomic mass is 35.5. The molecule has 0 unspecified atom stereocenters. The van der Waals surface area contributed by atoms with Crippen LogP contribution in [-0.4, -0.2) is 32.5 Å². The molecule has 8 heteroatoms. The van der Waals surface area contributed by atoms with E-state index in [0.29, 0.717) is 23.9 Å². The van der Waals surface area contributed by atoms with Gasteiger partial charge in [-0.15, -0.1) is 4.28 Å². The van der Waals surface area contributed by atoms with Crippen LogP contribution >= 0.6 is 11.6 Å². The van der Waals surface area contributed by atoms with Gasteiger partial charge >= 0.3 is 10.1 Å². The second kappa shape index (κ2) is 6.45. The lowest BCUT2D eigenvalue weighted by Gasteiger charge is -2.37. The Morgan fingerprint density at radius 3 is 2.43 bits per heavy atom. The Morgan fingerprint density at radius 1 is 1.22 bits per heavy atom. The minimum absolute atomic E-state index is 0.0850. The third kappa shape index (κ3) is 3.64. The van der Waals surface area contributed by atoms with Gasteiger partial charge in [-0.1, -0.05) is 29.3 Å². The Labute approximate surface area is 140 Å². The molecule has 0 saturated carbocycles. The Morgan fingerprint density at radius 2 is 1.91 bits per heavy atom. The fraction of sp³-hybridized carbons (Fsp3) is 0.267. The lowest BCUT2D eigenvalue weighted by atomic mass is 10.1. The molecular formula is C15H16ClN3O3S. The number of nitrogens with one attached hydrogen (secondary N) is 1. The largest absolute Gasteiger partial charge is 0.317 e. The van der Waals surface area contributed by atoms with E-state index in [-0.39, 0.29) is 10.9 Å². The van der Waals surface area contributed by atoms with E-state index in [9.17, 15) is 8.42 Å². The Bertz CT molecular complexity index is 775. The van der Waals surface area contributed by atoms with Crippen LogP contribution in [-0.2, 0) is 14.4 Å². The van der Waals surface area contributed by atoms with Crippen molar-refractivity contribution in [3.63, 3.8) is 0 Å². The van der Waals surface area contributed by atoms with E-state index >= 15 is 0 Å². The Hall–Kier alpha value is -1.67. The zero-order chi connectivity index (χ0) is 16.4. The Kier molecular flexibility index (Phi) is 4.54. The molecule has 23 heavy (non-hydrogen) atoms. The third-order valence-electron chi connectivity index (χ3n) is 3.55. The first-order valence-electron chi connectivity index (χ1n) is 7.08. The number of halogens is 1. The fourth-order valence-corrected chi connectivity index (χ4v) is 3.19. The Balaban J connectivity index is 1.88. The second-order valence-electron chi connectivity index (χ2n) is 5.32. The van der Waals surface area contributed by atoms with Gasteiger partial charge in [-0.2, -0.15) is 8.42 Å². The SMILES string of the molecule is Cc1ccc(S(=O)(=O)ON(c2ccc(Cl)nc2)C2CNC2)cc1. The lowest BCUT2D eigenvalue weighted by Crippen LogP contribution is -2.57. The van der Waals surface area contributed by atoms with Crippen molar-refractivity contribution in [3.05, 3.63) is 53.3 Å². The predicted octanol–water partition coefficient (Wildman–Crippen LogP) is 2.14. The van der Waals surface area contributed by atoms with Gasteiger partial charge in [0.1, 0.15) is 5.15 Å². The number of rotatable bonds is 5. The van der Waals surface area contributed by atoms with Crippen molar-refractivity contribution in [2.45, 2.75) is 17.9 Å². The van der Waals surface area contributed by atoms with E-state index in [0.717, 1.165) is 5.56 Å². The summed E-state index contributed by atoms with van der Waals surface area (Å²) in [4.78, 5) is 4.10. The number of pyridine rings is 1. The third-order valence-corrected chi connectivity index (χ3v) is 4.98. The van der Waals surface area contributed by atoms with Gasteiger partial charge in [0.15, 0.2) is 0 Å².